The van der Waals surface area contributed by atoms with Gasteiger partial charge in [-0.05, 0) is 44.9 Å². The first-order valence-electron chi connectivity index (χ1n) is 8.46. The van der Waals surface area contributed by atoms with E-state index in [-0.39, 0.29) is 0 Å². The molecule has 2 nitrogen and oxygen atoms in total. The van der Waals surface area contributed by atoms with Gasteiger partial charge in [-0.2, -0.15) is 0 Å². The standard InChI is InChI=1S/C19H21NO.C3H6/c1-3-4-7-17-14(2)6-5-8-18(17)20-16-10-9-15-11-12-21-19(15)13-16;1-3-2/h3,5-6,8-13,17-18,20H,1,4,7H2,2H3;3H,1H2,2H3. The van der Waals surface area contributed by atoms with Gasteiger partial charge < -0.3 is 9.73 Å². The smallest absolute Gasteiger partial charge is 0.135 e. The van der Waals surface area contributed by atoms with Crippen LogP contribution in [0.4, 0.5) is 5.69 Å². The zero-order chi connectivity index (χ0) is 17.4. The lowest BCUT2D eigenvalue weighted by atomic mass is 9.84. The molecular weight excluding hydrogens is 294 g/mol. The highest BCUT2D eigenvalue weighted by molar-refractivity contribution is 5.80. The molecule has 0 bridgehead atoms. The van der Waals surface area contributed by atoms with Crippen molar-refractivity contribution in [3.63, 3.8) is 0 Å². The van der Waals surface area contributed by atoms with E-state index in [0.29, 0.717) is 12.0 Å². The van der Waals surface area contributed by atoms with Crippen LogP contribution in [0.1, 0.15) is 26.7 Å². The number of anilines is 1. The normalized spacial score (nSPS) is 19.2. The second-order valence-electron chi connectivity index (χ2n) is 6.02. The highest BCUT2D eigenvalue weighted by Crippen LogP contribution is 2.29. The summed E-state index contributed by atoms with van der Waals surface area (Å²) in [5.74, 6) is 0.514. The van der Waals surface area contributed by atoms with Gasteiger partial charge in [0.15, 0.2) is 0 Å². The van der Waals surface area contributed by atoms with Crippen molar-refractivity contribution in [2.45, 2.75) is 32.7 Å². The number of hydrogen-bond donors (Lipinski definition) is 1. The highest BCUT2D eigenvalue weighted by Gasteiger charge is 2.22. The molecule has 2 unspecified atom stereocenters. The van der Waals surface area contributed by atoms with Gasteiger partial charge in [0.05, 0.1) is 12.3 Å². The van der Waals surface area contributed by atoms with Crippen molar-refractivity contribution in [3.8, 4) is 0 Å². The summed E-state index contributed by atoms with van der Waals surface area (Å²) in [6.45, 7) is 11.3. The van der Waals surface area contributed by atoms with Crippen LogP contribution in [-0.4, -0.2) is 6.04 Å². The minimum absolute atomic E-state index is 0.322. The number of rotatable bonds is 5. The van der Waals surface area contributed by atoms with Crippen LogP contribution in [0.5, 0.6) is 0 Å². The summed E-state index contributed by atoms with van der Waals surface area (Å²) in [6.07, 6.45) is 14.2. The summed E-state index contributed by atoms with van der Waals surface area (Å²) in [7, 11) is 0. The second-order valence-corrected chi connectivity index (χ2v) is 6.02. The molecule has 0 radical (unpaired) electrons. The molecule has 1 aromatic carbocycles. The molecule has 0 aliphatic heterocycles. The first-order valence-corrected chi connectivity index (χ1v) is 8.46. The molecule has 0 amide bonds. The molecule has 0 spiro atoms. The molecule has 2 aromatic rings. The maximum Gasteiger partial charge on any atom is 0.135 e. The summed E-state index contributed by atoms with van der Waals surface area (Å²) in [5.41, 5.74) is 3.45. The third kappa shape index (κ3) is 4.51. The molecule has 2 atom stereocenters. The molecule has 1 aromatic heterocycles. The van der Waals surface area contributed by atoms with Crippen LogP contribution in [-0.2, 0) is 0 Å². The summed E-state index contributed by atoms with van der Waals surface area (Å²) in [6, 6.07) is 8.59. The molecule has 0 saturated heterocycles. The zero-order valence-electron chi connectivity index (χ0n) is 14.7. The van der Waals surface area contributed by atoms with Crippen molar-refractivity contribution in [2.24, 2.45) is 5.92 Å². The second kappa shape index (κ2) is 8.97. The Balaban J connectivity index is 0.000000647. The number of benzene rings is 1. The van der Waals surface area contributed by atoms with E-state index in [4.69, 9.17) is 4.42 Å². The molecular formula is C22H27NO. The van der Waals surface area contributed by atoms with E-state index >= 15 is 0 Å². The maximum atomic E-state index is 5.48. The first-order chi connectivity index (χ1) is 11.7. The van der Waals surface area contributed by atoms with Gasteiger partial charge in [-0.25, -0.2) is 0 Å². The van der Waals surface area contributed by atoms with Gasteiger partial charge in [-0.15, -0.1) is 13.2 Å². The summed E-state index contributed by atoms with van der Waals surface area (Å²) >= 11 is 0. The average molecular weight is 321 g/mol. The fourth-order valence-electron chi connectivity index (χ4n) is 2.96. The largest absolute Gasteiger partial charge is 0.464 e. The Kier molecular flexibility index (Phi) is 6.68. The SMILES string of the molecule is C=CC.C=CCCC1C(C)=CC=CC1Nc1ccc2ccoc2c1. The van der Waals surface area contributed by atoms with Crippen LogP contribution in [0.15, 0.2) is 84.1 Å². The predicted octanol–water partition coefficient (Wildman–Crippen LogP) is 6.50. The molecule has 0 saturated carbocycles. The number of nitrogens with one attached hydrogen (secondary N) is 1. The van der Waals surface area contributed by atoms with Crippen LogP contribution in [0.2, 0.25) is 0 Å². The third-order valence-corrected chi connectivity index (χ3v) is 4.17. The Morgan fingerprint density at radius 2 is 2.04 bits per heavy atom. The van der Waals surface area contributed by atoms with Crippen molar-refractivity contribution < 1.29 is 4.42 Å². The molecule has 126 valence electrons. The monoisotopic (exact) mass is 321 g/mol. The lowest BCUT2D eigenvalue weighted by Crippen LogP contribution is -2.29. The minimum atomic E-state index is 0.322. The van der Waals surface area contributed by atoms with Crippen molar-refractivity contribution in [1.82, 2.24) is 0 Å². The third-order valence-electron chi connectivity index (χ3n) is 4.17. The summed E-state index contributed by atoms with van der Waals surface area (Å²) < 4.78 is 5.48. The summed E-state index contributed by atoms with van der Waals surface area (Å²) in [5, 5.41) is 4.77. The topological polar surface area (TPSA) is 25.2 Å². The number of furan rings is 1. The van der Waals surface area contributed by atoms with Crippen molar-refractivity contribution in [1.29, 1.82) is 0 Å². The van der Waals surface area contributed by atoms with Crippen LogP contribution in [0.25, 0.3) is 11.0 Å². The lowest BCUT2D eigenvalue weighted by molar-refractivity contribution is 0.526. The van der Waals surface area contributed by atoms with Gasteiger partial charge in [0.2, 0.25) is 0 Å². The van der Waals surface area contributed by atoms with Gasteiger partial charge >= 0.3 is 0 Å². The Hall–Kier alpha value is -2.48. The van der Waals surface area contributed by atoms with Crippen molar-refractivity contribution in [2.75, 3.05) is 5.32 Å². The lowest BCUT2D eigenvalue weighted by Gasteiger charge is -2.29. The van der Waals surface area contributed by atoms with Crippen LogP contribution in [0.3, 0.4) is 0 Å². The summed E-state index contributed by atoms with van der Waals surface area (Å²) in [4.78, 5) is 0. The fourth-order valence-corrected chi connectivity index (χ4v) is 2.96. The van der Waals surface area contributed by atoms with Gasteiger partial charge in [-0.3, -0.25) is 0 Å². The number of hydrogen-bond acceptors (Lipinski definition) is 2. The number of allylic oxidation sites excluding steroid dienone is 4. The molecule has 1 aliphatic rings. The Labute approximate surface area is 145 Å². The van der Waals surface area contributed by atoms with Gasteiger partial charge in [0.1, 0.15) is 5.58 Å². The fraction of sp³-hybridized carbons (Fsp3) is 0.273. The van der Waals surface area contributed by atoms with Crippen molar-refractivity contribution in [3.05, 3.63) is 79.6 Å². The highest BCUT2D eigenvalue weighted by atomic mass is 16.3. The molecule has 3 rings (SSSR count). The Morgan fingerprint density at radius 1 is 1.25 bits per heavy atom. The van der Waals surface area contributed by atoms with Crippen LogP contribution >= 0.6 is 0 Å². The molecule has 0 fully saturated rings. The Bertz CT molecular complexity index is 735. The van der Waals surface area contributed by atoms with E-state index in [1.807, 2.05) is 19.1 Å². The zero-order valence-corrected chi connectivity index (χ0v) is 14.7. The Morgan fingerprint density at radius 3 is 2.79 bits per heavy atom. The molecule has 1 heterocycles. The van der Waals surface area contributed by atoms with Gasteiger partial charge in [-0.1, -0.05) is 36.0 Å². The van der Waals surface area contributed by atoms with E-state index in [0.717, 1.165) is 29.5 Å². The van der Waals surface area contributed by atoms with E-state index in [1.54, 1.807) is 12.3 Å². The van der Waals surface area contributed by atoms with Crippen LogP contribution < -0.4 is 5.32 Å². The number of fused-ring (bicyclic) bond motifs is 1. The van der Waals surface area contributed by atoms with E-state index < -0.39 is 0 Å². The maximum absolute atomic E-state index is 5.48. The average Bonchev–Trinajstić information content (AvgIpc) is 3.03. The minimum Gasteiger partial charge on any atom is -0.464 e. The quantitative estimate of drug-likeness (QED) is 0.635. The van der Waals surface area contributed by atoms with E-state index in [9.17, 15) is 0 Å². The molecule has 1 aliphatic carbocycles. The molecule has 1 N–H and O–H groups in total. The molecule has 2 heteroatoms. The van der Waals surface area contributed by atoms with Crippen molar-refractivity contribution >= 4 is 16.7 Å². The van der Waals surface area contributed by atoms with Crippen LogP contribution in [0, 0.1) is 5.92 Å². The predicted molar refractivity (Wildman–Crippen MR) is 105 cm³/mol. The first kappa shape index (κ1) is 17.9. The van der Waals surface area contributed by atoms with Gasteiger partial charge in [0, 0.05) is 23.1 Å². The van der Waals surface area contributed by atoms with E-state index in [1.165, 1.54) is 5.57 Å². The van der Waals surface area contributed by atoms with E-state index in [2.05, 4.69) is 61.8 Å². The molecule has 24 heavy (non-hydrogen) atoms. The van der Waals surface area contributed by atoms with Gasteiger partial charge in [0.25, 0.3) is 0 Å².